The van der Waals surface area contributed by atoms with E-state index in [9.17, 15) is 4.79 Å². The number of carbonyl (C=O) groups is 1. The molecule has 1 atom stereocenters. The van der Waals surface area contributed by atoms with Crippen LogP contribution in [-0.4, -0.2) is 90.3 Å². The number of methoxy groups -OCH3 is 1. The van der Waals surface area contributed by atoms with Gasteiger partial charge in [0.15, 0.2) is 0 Å². The third-order valence-electron chi connectivity index (χ3n) is 5.36. The van der Waals surface area contributed by atoms with Gasteiger partial charge in [-0.15, -0.1) is 0 Å². The number of H-pyrrole nitrogens is 1. The third-order valence-corrected chi connectivity index (χ3v) is 5.36. The molecule has 1 aromatic heterocycles. The average molecular weight is 355 g/mol. The van der Waals surface area contributed by atoms with Gasteiger partial charge in [-0.05, 0) is 25.2 Å². The maximum absolute atomic E-state index is 12.9. The quantitative estimate of drug-likeness (QED) is 0.895. The van der Waals surface area contributed by atoms with Gasteiger partial charge in [-0.25, -0.2) is 0 Å². The summed E-state index contributed by atoms with van der Waals surface area (Å²) < 4.78 is 5.26. The van der Waals surface area contributed by atoms with Gasteiger partial charge >= 0.3 is 0 Å². The lowest BCUT2D eigenvalue weighted by Crippen LogP contribution is -2.62. The van der Waals surface area contributed by atoms with Gasteiger partial charge in [0.2, 0.25) is 0 Å². The maximum atomic E-state index is 12.9. The summed E-state index contributed by atoms with van der Waals surface area (Å²) >= 11 is 0. The fraction of sp³-hybridized carbons (Fsp3) is 0.474. The molecule has 0 unspecified atom stereocenters. The van der Waals surface area contributed by atoms with Crippen LogP contribution < -0.4 is 4.74 Å². The molecule has 2 saturated heterocycles. The molecule has 7 heteroatoms. The second-order valence-electron chi connectivity index (χ2n) is 7.10. The number of ether oxygens (including phenoxy) is 1. The van der Waals surface area contributed by atoms with Crippen molar-refractivity contribution in [2.75, 3.05) is 53.4 Å². The number of aromatic nitrogens is 2. The zero-order valence-electron chi connectivity index (χ0n) is 15.3. The maximum Gasteiger partial charge on any atom is 0.271 e. The number of aromatic amines is 1. The molecule has 2 aromatic rings. The third kappa shape index (κ3) is 3.32. The molecule has 138 valence electrons. The van der Waals surface area contributed by atoms with Crippen molar-refractivity contribution in [3.63, 3.8) is 0 Å². The van der Waals surface area contributed by atoms with Crippen LogP contribution in [0.4, 0.5) is 0 Å². The summed E-state index contributed by atoms with van der Waals surface area (Å²) in [6.45, 7) is 5.70. The van der Waals surface area contributed by atoms with E-state index < -0.39 is 0 Å². The highest BCUT2D eigenvalue weighted by Crippen LogP contribution is 2.23. The number of hydrogen-bond donors (Lipinski definition) is 1. The number of piperazine rings is 2. The number of fused-ring (bicyclic) bond motifs is 1. The first-order valence-corrected chi connectivity index (χ1v) is 9.06. The van der Waals surface area contributed by atoms with Crippen molar-refractivity contribution in [3.05, 3.63) is 36.0 Å². The smallest absolute Gasteiger partial charge is 0.271 e. The van der Waals surface area contributed by atoms with E-state index in [0.717, 1.165) is 56.3 Å². The van der Waals surface area contributed by atoms with Crippen molar-refractivity contribution in [3.8, 4) is 17.0 Å². The number of nitrogens with one attached hydrogen (secondary N) is 1. The van der Waals surface area contributed by atoms with Crippen LogP contribution in [0.5, 0.6) is 5.75 Å². The number of amides is 1. The number of rotatable bonds is 3. The van der Waals surface area contributed by atoms with E-state index in [0.29, 0.717) is 11.7 Å². The predicted octanol–water partition coefficient (Wildman–Crippen LogP) is 1.16. The van der Waals surface area contributed by atoms with Gasteiger partial charge in [-0.2, -0.15) is 5.10 Å². The van der Waals surface area contributed by atoms with Gasteiger partial charge in [-0.1, -0.05) is 12.1 Å². The predicted molar refractivity (Wildman–Crippen MR) is 99.3 cm³/mol. The summed E-state index contributed by atoms with van der Waals surface area (Å²) in [5, 5.41) is 7.24. The van der Waals surface area contributed by atoms with E-state index in [-0.39, 0.29) is 5.91 Å². The minimum Gasteiger partial charge on any atom is -0.497 e. The number of hydrogen-bond acceptors (Lipinski definition) is 5. The van der Waals surface area contributed by atoms with Gasteiger partial charge in [0.05, 0.1) is 12.8 Å². The summed E-state index contributed by atoms with van der Waals surface area (Å²) in [5.41, 5.74) is 2.22. The van der Waals surface area contributed by atoms with Gasteiger partial charge in [-0.3, -0.25) is 14.8 Å². The molecule has 2 aliphatic rings. The zero-order valence-corrected chi connectivity index (χ0v) is 15.3. The van der Waals surface area contributed by atoms with Crippen molar-refractivity contribution < 1.29 is 9.53 Å². The molecule has 7 nitrogen and oxygen atoms in total. The molecule has 2 aliphatic heterocycles. The van der Waals surface area contributed by atoms with E-state index in [1.807, 2.05) is 35.2 Å². The Morgan fingerprint density at radius 3 is 2.88 bits per heavy atom. The molecule has 0 radical (unpaired) electrons. The number of benzene rings is 1. The van der Waals surface area contributed by atoms with Crippen LogP contribution in [0.3, 0.4) is 0 Å². The standard InChI is InChI=1S/C19H25N5O2/c1-22-6-7-23-8-9-24(13-15(23)12-22)19(25)18-11-17(20-21-18)14-4-3-5-16(10-14)26-2/h3-5,10-11,15H,6-9,12-13H2,1-2H3,(H,20,21)/t15-/m1/s1. The van der Waals surface area contributed by atoms with Gasteiger partial charge in [0.1, 0.15) is 11.4 Å². The summed E-state index contributed by atoms with van der Waals surface area (Å²) in [7, 11) is 3.79. The molecule has 0 aliphatic carbocycles. The zero-order chi connectivity index (χ0) is 18.1. The summed E-state index contributed by atoms with van der Waals surface area (Å²) in [6.07, 6.45) is 0. The normalized spacial score (nSPS) is 21.5. The van der Waals surface area contributed by atoms with Crippen LogP contribution >= 0.6 is 0 Å². The van der Waals surface area contributed by atoms with Crippen molar-refractivity contribution >= 4 is 5.91 Å². The fourth-order valence-electron chi connectivity index (χ4n) is 3.83. The highest BCUT2D eigenvalue weighted by atomic mass is 16.5. The summed E-state index contributed by atoms with van der Waals surface area (Å²) in [6, 6.07) is 9.94. The molecule has 1 amide bonds. The van der Waals surface area contributed by atoms with Crippen LogP contribution in [-0.2, 0) is 0 Å². The summed E-state index contributed by atoms with van der Waals surface area (Å²) in [5.74, 6) is 0.801. The van der Waals surface area contributed by atoms with Crippen LogP contribution in [0.25, 0.3) is 11.3 Å². The minimum absolute atomic E-state index is 0.0273. The Hall–Kier alpha value is -2.38. The molecule has 2 fully saturated rings. The number of likely N-dealkylation sites (N-methyl/N-ethyl adjacent to an activating group) is 1. The molecule has 26 heavy (non-hydrogen) atoms. The Balaban J connectivity index is 1.48. The van der Waals surface area contributed by atoms with E-state index in [1.165, 1.54) is 0 Å². The van der Waals surface area contributed by atoms with Crippen molar-refractivity contribution in [2.45, 2.75) is 6.04 Å². The first kappa shape index (κ1) is 17.1. The number of carbonyl (C=O) groups excluding carboxylic acids is 1. The topological polar surface area (TPSA) is 64.7 Å². The fourth-order valence-corrected chi connectivity index (χ4v) is 3.83. The molecule has 0 bridgehead atoms. The Labute approximate surface area is 153 Å². The van der Waals surface area contributed by atoms with E-state index in [1.54, 1.807) is 7.11 Å². The van der Waals surface area contributed by atoms with Crippen LogP contribution in [0.15, 0.2) is 30.3 Å². The Kier molecular flexibility index (Phi) is 4.65. The first-order valence-electron chi connectivity index (χ1n) is 9.06. The molecule has 3 heterocycles. The minimum atomic E-state index is 0.0273. The van der Waals surface area contributed by atoms with Crippen molar-refractivity contribution in [1.82, 2.24) is 24.9 Å². The average Bonchev–Trinajstić information content (AvgIpc) is 3.17. The molecular weight excluding hydrogens is 330 g/mol. The molecule has 1 N–H and O–H groups in total. The van der Waals surface area contributed by atoms with Crippen LogP contribution in [0, 0.1) is 0 Å². The lowest BCUT2D eigenvalue weighted by atomic mass is 10.1. The van der Waals surface area contributed by atoms with E-state index >= 15 is 0 Å². The lowest BCUT2D eigenvalue weighted by molar-refractivity contribution is 0.0187. The molecular formula is C19H25N5O2. The highest BCUT2D eigenvalue weighted by molar-refractivity contribution is 5.93. The second kappa shape index (κ2) is 7.09. The van der Waals surface area contributed by atoms with Gasteiger partial charge < -0.3 is 14.5 Å². The summed E-state index contributed by atoms with van der Waals surface area (Å²) in [4.78, 5) is 19.7. The lowest BCUT2D eigenvalue weighted by Gasteiger charge is -2.46. The molecule has 1 aromatic carbocycles. The van der Waals surface area contributed by atoms with Crippen LogP contribution in [0.1, 0.15) is 10.5 Å². The Bertz CT molecular complexity index is 790. The highest BCUT2D eigenvalue weighted by Gasteiger charge is 2.33. The monoisotopic (exact) mass is 355 g/mol. The van der Waals surface area contributed by atoms with Crippen molar-refractivity contribution in [2.24, 2.45) is 0 Å². The molecule has 0 saturated carbocycles. The van der Waals surface area contributed by atoms with Crippen molar-refractivity contribution in [1.29, 1.82) is 0 Å². The number of nitrogens with zero attached hydrogens (tertiary/aromatic N) is 4. The molecule has 4 rings (SSSR count). The Morgan fingerprint density at radius 2 is 2.04 bits per heavy atom. The van der Waals surface area contributed by atoms with Gasteiger partial charge in [0, 0.05) is 50.9 Å². The Morgan fingerprint density at radius 1 is 1.19 bits per heavy atom. The van der Waals surface area contributed by atoms with E-state index in [2.05, 4.69) is 27.0 Å². The first-order chi connectivity index (χ1) is 12.6. The largest absolute Gasteiger partial charge is 0.497 e. The van der Waals surface area contributed by atoms with Crippen LogP contribution in [0.2, 0.25) is 0 Å². The SMILES string of the molecule is COc1cccc(-c2cc(C(=O)N3CCN4CCN(C)C[C@@H]4C3)[nH]n2)c1. The second-order valence-corrected chi connectivity index (χ2v) is 7.10. The van der Waals surface area contributed by atoms with Gasteiger partial charge in [0.25, 0.3) is 5.91 Å². The molecule has 0 spiro atoms. The van der Waals surface area contributed by atoms with E-state index in [4.69, 9.17) is 4.74 Å².